The minimum absolute atomic E-state index is 0.208. The Morgan fingerprint density at radius 3 is 2.65 bits per heavy atom. The van der Waals surface area contributed by atoms with Crippen LogP contribution in [-0.4, -0.2) is 30.0 Å². The van der Waals surface area contributed by atoms with Gasteiger partial charge in [0.2, 0.25) is 0 Å². The van der Waals surface area contributed by atoms with Crippen LogP contribution in [0, 0.1) is 0 Å². The Morgan fingerprint density at radius 2 is 2.00 bits per heavy atom. The maximum atomic E-state index is 11.7. The fourth-order valence-corrected chi connectivity index (χ4v) is 2.57. The average Bonchev–Trinajstić information content (AvgIpc) is 3.10. The topological polar surface area (TPSA) is 91.6 Å². The Kier molecular flexibility index (Phi) is 6.87. The van der Waals surface area contributed by atoms with Gasteiger partial charge in [-0.2, -0.15) is 0 Å². The summed E-state index contributed by atoms with van der Waals surface area (Å²) in [6, 6.07) is 3.35. The molecule has 0 saturated heterocycles. The van der Waals surface area contributed by atoms with Crippen molar-refractivity contribution in [3.63, 3.8) is 0 Å². The van der Waals surface area contributed by atoms with Gasteiger partial charge in [-0.3, -0.25) is 9.59 Å². The lowest BCUT2D eigenvalue weighted by molar-refractivity contribution is -0.139. The fraction of sp³-hybridized carbons (Fsp3) is 0.529. The molecule has 6 nitrogen and oxygen atoms in total. The summed E-state index contributed by atoms with van der Waals surface area (Å²) in [5.74, 6) is -0.854. The van der Waals surface area contributed by atoms with E-state index in [-0.39, 0.29) is 6.54 Å². The number of rotatable bonds is 7. The molecule has 0 unspecified atom stereocenters. The Bertz CT molecular complexity index is 537. The molecule has 0 spiro atoms. The number of allylic oxidation sites excluding steroid dienone is 1. The Morgan fingerprint density at radius 1 is 1.22 bits per heavy atom. The summed E-state index contributed by atoms with van der Waals surface area (Å²) in [5, 5.41) is 14.9. The molecule has 1 aliphatic carbocycles. The molecule has 0 fully saturated rings. The summed E-state index contributed by atoms with van der Waals surface area (Å²) in [5.41, 5.74) is 1.36. The molecule has 1 heterocycles. The number of aliphatic hydroxyl groups excluding tert-OH is 1. The van der Waals surface area contributed by atoms with Crippen LogP contribution in [0.2, 0.25) is 0 Å². The highest BCUT2D eigenvalue weighted by Gasteiger charge is 2.15. The number of carbonyl (C=O) groups excluding carboxylic acids is 2. The van der Waals surface area contributed by atoms with Crippen LogP contribution in [0.25, 0.3) is 0 Å². The predicted molar refractivity (Wildman–Crippen MR) is 85.5 cm³/mol. The Balaban J connectivity index is 1.59. The first-order valence-electron chi connectivity index (χ1n) is 8.12. The highest BCUT2D eigenvalue weighted by Crippen LogP contribution is 2.19. The van der Waals surface area contributed by atoms with Crippen LogP contribution in [0.15, 0.2) is 34.5 Å². The second kappa shape index (κ2) is 9.15. The van der Waals surface area contributed by atoms with Crippen molar-refractivity contribution in [1.82, 2.24) is 10.6 Å². The number of furan rings is 1. The van der Waals surface area contributed by atoms with Gasteiger partial charge in [0.25, 0.3) is 0 Å². The highest BCUT2D eigenvalue weighted by molar-refractivity contribution is 6.35. The van der Waals surface area contributed by atoms with Gasteiger partial charge in [0.05, 0.1) is 6.26 Å². The maximum Gasteiger partial charge on any atom is 0.309 e. The van der Waals surface area contributed by atoms with E-state index in [0.29, 0.717) is 18.7 Å². The maximum absolute atomic E-state index is 11.7. The second-order valence-electron chi connectivity index (χ2n) is 5.69. The summed E-state index contributed by atoms with van der Waals surface area (Å²) in [6.07, 6.45) is 8.66. The zero-order valence-corrected chi connectivity index (χ0v) is 13.2. The number of amides is 2. The first kappa shape index (κ1) is 17.3. The molecule has 0 aliphatic heterocycles. The van der Waals surface area contributed by atoms with E-state index in [1.54, 1.807) is 12.1 Å². The van der Waals surface area contributed by atoms with E-state index in [4.69, 9.17) is 4.42 Å². The normalized spacial score (nSPS) is 15.6. The van der Waals surface area contributed by atoms with Crippen molar-refractivity contribution < 1.29 is 19.1 Å². The van der Waals surface area contributed by atoms with Gasteiger partial charge in [-0.25, -0.2) is 0 Å². The average molecular weight is 320 g/mol. The number of hydrogen-bond donors (Lipinski definition) is 3. The minimum atomic E-state index is -0.786. The van der Waals surface area contributed by atoms with E-state index in [2.05, 4.69) is 16.7 Å². The lowest BCUT2D eigenvalue weighted by Crippen LogP contribution is -2.40. The quantitative estimate of drug-likeness (QED) is 0.528. The third-order valence-corrected chi connectivity index (χ3v) is 3.90. The van der Waals surface area contributed by atoms with Crippen LogP contribution < -0.4 is 10.6 Å². The van der Waals surface area contributed by atoms with Crippen molar-refractivity contribution >= 4 is 11.8 Å². The van der Waals surface area contributed by atoms with Crippen LogP contribution in [0.4, 0.5) is 0 Å². The molecule has 0 aromatic carbocycles. The number of nitrogens with one attached hydrogen (secondary N) is 2. The van der Waals surface area contributed by atoms with Gasteiger partial charge in [0.15, 0.2) is 0 Å². The number of aliphatic hydroxyl groups is 1. The zero-order valence-electron chi connectivity index (χ0n) is 13.2. The van der Waals surface area contributed by atoms with Gasteiger partial charge in [0.1, 0.15) is 11.9 Å². The molecule has 23 heavy (non-hydrogen) atoms. The Labute approximate surface area is 135 Å². The molecular formula is C17H24N2O4. The molecule has 1 aromatic heterocycles. The van der Waals surface area contributed by atoms with Gasteiger partial charge in [0, 0.05) is 13.1 Å². The highest BCUT2D eigenvalue weighted by atomic mass is 16.4. The summed E-state index contributed by atoms with van der Waals surface area (Å²) in [7, 11) is 0. The monoisotopic (exact) mass is 320 g/mol. The third-order valence-electron chi connectivity index (χ3n) is 3.90. The van der Waals surface area contributed by atoms with Gasteiger partial charge >= 0.3 is 11.8 Å². The van der Waals surface area contributed by atoms with Gasteiger partial charge < -0.3 is 20.2 Å². The molecule has 0 radical (unpaired) electrons. The van der Waals surface area contributed by atoms with Crippen molar-refractivity contribution in [2.75, 3.05) is 13.1 Å². The molecule has 1 atom stereocenters. The molecule has 2 amide bonds. The standard InChI is InChI=1S/C17H24N2O4/c20-14(15-7-4-12-23-15)9-11-19-17(22)16(21)18-10-8-13-5-2-1-3-6-13/h4-5,7,12,14,20H,1-3,6,8-11H2,(H,18,21)(H,19,22)/t14-/m1/s1. The van der Waals surface area contributed by atoms with Crippen molar-refractivity contribution in [3.05, 3.63) is 35.8 Å². The zero-order chi connectivity index (χ0) is 16.5. The first-order valence-corrected chi connectivity index (χ1v) is 8.12. The summed E-state index contributed by atoms with van der Waals surface area (Å²) >= 11 is 0. The largest absolute Gasteiger partial charge is 0.467 e. The lowest BCUT2D eigenvalue weighted by atomic mass is 9.97. The van der Waals surface area contributed by atoms with E-state index in [0.717, 1.165) is 19.3 Å². The summed E-state index contributed by atoms with van der Waals surface area (Å²) < 4.78 is 5.06. The number of carbonyl (C=O) groups is 2. The molecule has 1 aromatic rings. The summed E-state index contributed by atoms with van der Waals surface area (Å²) in [4.78, 5) is 23.3. The molecule has 0 saturated carbocycles. The fourth-order valence-electron chi connectivity index (χ4n) is 2.57. The molecule has 2 rings (SSSR count). The van der Waals surface area contributed by atoms with Gasteiger partial charge in [-0.05, 0) is 50.7 Å². The van der Waals surface area contributed by atoms with E-state index in [9.17, 15) is 14.7 Å². The minimum Gasteiger partial charge on any atom is -0.467 e. The predicted octanol–water partition coefficient (Wildman–Crippen LogP) is 1.83. The van der Waals surface area contributed by atoms with E-state index in [1.165, 1.54) is 24.7 Å². The van der Waals surface area contributed by atoms with Crippen LogP contribution in [0.1, 0.15) is 50.4 Å². The lowest BCUT2D eigenvalue weighted by Gasteiger charge is -2.13. The molecule has 3 N–H and O–H groups in total. The molecular weight excluding hydrogens is 296 g/mol. The molecule has 1 aliphatic rings. The van der Waals surface area contributed by atoms with Crippen molar-refractivity contribution in [2.45, 2.75) is 44.6 Å². The molecule has 0 bridgehead atoms. The van der Waals surface area contributed by atoms with Crippen molar-refractivity contribution in [1.29, 1.82) is 0 Å². The van der Waals surface area contributed by atoms with Gasteiger partial charge in [-0.15, -0.1) is 0 Å². The summed E-state index contributed by atoms with van der Waals surface area (Å²) in [6.45, 7) is 0.687. The molecule has 126 valence electrons. The number of hydrogen-bond acceptors (Lipinski definition) is 4. The second-order valence-corrected chi connectivity index (χ2v) is 5.69. The van der Waals surface area contributed by atoms with E-state index >= 15 is 0 Å². The smallest absolute Gasteiger partial charge is 0.309 e. The van der Waals surface area contributed by atoms with E-state index in [1.807, 2.05) is 0 Å². The molecule has 6 heteroatoms. The van der Waals surface area contributed by atoms with Crippen molar-refractivity contribution in [2.24, 2.45) is 0 Å². The first-order chi connectivity index (χ1) is 11.2. The SMILES string of the molecule is O=C(NCCC1=CCCCC1)C(=O)NCC[C@@H](O)c1ccco1. The van der Waals surface area contributed by atoms with Crippen LogP contribution in [-0.2, 0) is 9.59 Å². The van der Waals surface area contributed by atoms with Crippen LogP contribution in [0.3, 0.4) is 0 Å². The van der Waals surface area contributed by atoms with E-state index < -0.39 is 17.9 Å². The third kappa shape index (κ3) is 5.90. The van der Waals surface area contributed by atoms with Crippen LogP contribution in [0.5, 0.6) is 0 Å². The van der Waals surface area contributed by atoms with Crippen LogP contribution >= 0.6 is 0 Å². The van der Waals surface area contributed by atoms with Gasteiger partial charge in [-0.1, -0.05) is 11.6 Å². The van der Waals surface area contributed by atoms with Crippen molar-refractivity contribution in [3.8, 4) is 0 Å². The Hall–Kier alpha value is -2.08.